The van der Waals surface area contributed by atoms with Crippen molar-refractivity contribution in [3.63, 3.8) is 0 Å². The lowest BCUT2D eigenvalue weighted by Gasteiger charge is -2.20. The standard InChI is InChI=1S/C19H19FN4O2/c1-11-3-8-15(12(2)9-11)22-19(26)16-10-17(18(21)25)24(23-16)14-6-4-13(20)5-7-14/h3-9,17H,10H2,1-2H3,(H2,21,25)(H,22,26)/t17-/m1/s1. The van der Waals surface area contributed by atoms with Crippen molar-refractivity contribution in [2.24, 2.45) is 10.8 Å². The second-order valence-electron chi connectivity index (χ2n) is 6.26. The zero-order valence-electron chi connectivity index (χ0n) is 14.5. The fraction of sp³-hybridized carbons (Fsp3) is 0.211. The van der Waals surface area contributed by atoms with E-state index < -0.39 is 23.7 Å². The van der Waals surface area contributed by atoms with Crippen molar-refractivity contribution < 1.29 is 14.0 Å². The zero-order chi connectivity index (χ0) is 18.8. The van der Waals surface area contributed by atoms with E-state index in [4.69, 9.17) is 5.73 Å². The van der Waals surface area contributed by atoms with Crippen molar-refractivity contribution in [2.75, 3.05) is 10.3 Å². The summed E-state index contributed by atoms with van der Waals surface area (Å²) in [5.41, 5.74) is 8.84. The first kappa shape index (κ1) is 17.6. The number of primary amides is 1. The summed E-state index contributed by atoms with van der Waals surface area (Å²) in [6.07, 6.45) is 0.0868. The van der Waals surface area contributed by atoms with Gasteiger partial charge in [0, 0.05) is 12.1 Å². The lowest BCUT2D eigenvalue weighted by molar-refractivity contribution is -0.119. The molecule has 6 nitrogen and oxygen atoms in total. The van der Waals surface area contributed by atoms with Gasteiger partial charge in [-0.05, 0) is 49.7 Å². The van der Waals surface area contributed by atoms with Gasteiger partial charge >= 0.3 is 0 Å². The highest BCUT2D eigenvalue weighted by atomic mass is 19.1. The summed E-state index contributed by atoms with van der Waals surface area (Å²) < 4.78 is 13.1. The van der Waals surface area contributed by atoms with Crippen LogP contribution in [-0.4, -0.2) is 23.6 Å². The van der Waals surface area contributed by atoms with Crippen molar-refractivity contribution >= 4 is 28.9 Å². The molecular formula is C19H19FN4O2. The summed E-state index contributed by atoms with van der Waals surface area (Å²) in [4.78, 5) is 24.3. The van der Waals surface area contributed by atoms with Gasteiger partial charge in [-0.3, -0.25) is 14.6 Å². The van der Waals surface area contributed by atoms with Crippen molar-refractivity contribution in [2.45, 2.75) is 26.3 Å². The van der Waals surface area contributed by atoms with E-state index in [1.54, 1.807) is 0 Å². The number of amides is 2. The summed E-state index contributed by atoms with van der Waals surface area (Å²) in [6, 6.07) is 10.4. The molecule has 0 spiro atoms. The Hall–Kier alpha value is -3.22. The summed E-state index contributed by atoms with van der Waals surface area (Å²) in [5.74, 6) is -1.40. The van der Waals surface area contributed by atoms with E-state index in [0.717, 1.165) is 11.1 Å². The van der Waals surface area contributed by atoms with E-state index in [2.05, 4.69) is 10.4 Å². The molecule has 3 N–H and O–H groups in total. The number of carbonyl (C=O) groups is 2. The van der Waals surface area contributed by atoms with E-state index in [-0.39, 0.29) is 12.1 Å². The van der Waals surface area contributed by atoms with Gasteiger partial charge in [-0.1, -0.05) is 17.7 Å². The highest BCUT2D eigenvalue weighted by Gasteiger charge is 2.35. The number of aryl methyl sites for hydroxylation is 2. The summed E-state index contributed by atoms with van der Waals surface area (Å²) in [7, 11) is 0. The minimum atomic E-state index is -0.791. The topological polar surface area (TPSA) is 87.8 Å². The Labute approximate surface area is 150 Å². The van der Waals surface area contributed by atoms with E-state index in [9.17, 15) is 14.0 Å². The summed E-state index contributed by atoms with van der Waals surface area (Å²) in [6.45, 7) is 3.87. The van der Waals surface area contributed by atoms with Gasteiger partial charge in [0.2, 0.25) is 5.91 Å². The number of halogens is 1. The van der Waals surface area contributed by atoms with Crippen LogP contribution in [0.5, 0.6) is 0 Å². The molecule has 0 saturated heterocycles. The first-order valence-electron chi connectivity index (χ1n) is 8.15. The molecule has 1 heterocycles. The van der Waals surface area contributed by atoms with Gasteiger partial charge in [-0.15, -0.1) is 0 Å². The molecule has 0 bridgehead atoms. The van der Waals surface area contributed by atoms with Crippen LogP contribution in [0.2, 0.25) is 0 Å². The van der Waals surface area contributed by atoms with Crippen LogP contribution in [0.4, 0.5) is 15.8 Å². The van der Waals surface area contributed by atoms with Gasteiger partial charge in [-0.25, -0.2) is 4.39 Å². The maximum Gasteiger partial charge on any atom is 0.271 e. The van der Waals surface area contributed by atoms with Crippen molar-refractivity contribution in [3.8, 4) is 0 Å². The van der Waals surface area contributed by atoms with Crippen LogP contribution in [-0.2, 0) is 9.59 Å². The largest absolute Gasteiger partial charge is 0.368 e. The highest BCUT2D eigenvalue weighted by molar-refractivity contribution is 6.44. The van der Waals surface area contributed by atoms with Crippen LogP contribution >= 0.6 is 0 Å². The molecule has 1 aliphatic heterocycles. The Morgan fingerprint density at radius 1 is 1.19 bits per heavy atom. The van der Waals surface area contributed by atoms with Crippen LogP contribution in [0.3, 0.4) is 0 Å². The van der Waals surface area contributed by atoms with E-state index in [0.29, 0.717) is 11.4 Å². The number of hydrogen-bond acceptors (Lipinski definition) is 4. The SMILES string of the molecule is Cc1ccc(NC(=O)C2=NN(c3ccc(F)cc3)[C@@H](C(N)=O)C2)c(C)c1. The lowest BCUT2D eigenvalue weighted by Crippen LogP contribution is -2.39. The van der Waals surface area contributed by atoms with Crippen molar-refractivity contribution in [3.05, 3.63) is 59.4 Å². The molecule has 2 aromatic rings. The van der Waals surface area contributed by atoms with E-state index in [1.807, 2.05) is 32.0 Å². The third-order valence-corrected chi connectivity index (χ3v) is 4.22. The van der Waals surface area contributed by atoms with E-state index in [1.165, 1.54) is 29.3 Å². The number of nitrogens with zero attached hydrogens (tertiary/aromatic N) is 2. The minimum Gasteiger partial charge on any atom is -0.368 e. The van der Waals surface area contributed by atoms with Crippen LogP contribution in [0.15, 0.2) is 47.6 Å². The second-order valence-corrected chi connectivity index (χ2v) is 6.26. The number of hydrogen-bond donors (Lipinski definition) is 2. The molecule has 134 valence electrons. The van der Waals surface area contributed by atoms with Crippen LogP contribution < -0.4 is 16.1 Å². The van der Waals surface area contributed by atoms with Gasteiger partial charge in [0.15, 0.2) is 0 Å². The van der Waals surface area contributed by atoms with Gasteiger partial charge in [0.25, 0.3) is 5.91 Å². The number of carbonyl (C=O) groups excluding carboxylic acids is 2. The van der Waals surface area contributed by atoms with Crippen molar-refractivity contribution in [1.82, 2.24) is 0 Å². The summed E-state index contributed by atoms with van der Waals surface area (Å²) in [5, 5.41) is 8.42. The Balaban J connectivity index is 1.84. The van der Waals surface area contributed by atoms with Crippen molar-refractivity contribution in [1.29, 1.82) is 0 Å². The quantitative estimate of drug-likeness (QED) is 0.884. The smallest absolute Gasteiger partial charge is 0.271 e. The molecule has 0 radical (unpaired) electrons. The fourth-order valence-electron chi connectivity index (χ4n) is 2.85. The zero-order valence-corrected chi connectivity index (χ0v) is 14.5. The van der Waals surface area contributed by atoms with Crippen LogP contribution in [0.25, 0.3) is 0 Å². The predicted molar refractivity (Wildman–Crippen MR) is 98.5 cm³/mol. The number of anilines is 2. The Kier molecular flexibility index (Phi) is 4.71. The normalized spacial score (nSPS) is 16.3. The molecule has 26 heavy (non-hydrogen) atoms. The third-order valence-electron chi connectivity index (χ3n) is 4.22. The van der Waals surface area contributed by atoms with Gasteiger partial charge in [0.05, 0.1) is 5.69 Å². The maximum atomic E-state index is 13.1. The number of nitrogens with one attached hydrogen (secondary N) is 1. The third kappa shape index (κ3) is 3.56. The Bertz CT molecular complexity index is 893. The number of hydrazone groups is 1. The first-order chi connectivity index (χ1) is 12.3. The molecule has 2 aromatic carbocycles. The predicted octanol–water partition coefficient (Wildman–Crippen LogP) is 2.50. The van der Waals surface area contributed by atoms with Crippen LogP contribution in [0, 0.1) is 19.7 Å². The maximum absolute atomic E-state index is 13.1. The Morgan fingerprint density at radius 3 is 2.50 bits per heavy atom. The number of benzene rings is 2. The number of nitrogens with two attached hydrogens (primary N) is 1. The molecule has 0 aliphatic carbocycles. The lowest BCUT2D eigenvalue weighted by atomic mass is 10.1. The van der Waals surface area contributed by atoms with Gasteiger partial charge in [-0.2, -0.15) is 5.10 Å². The van der Waals surface area contributed by atoms with Crippen LogP contribution in [0.1, 0.15) is 17.5 Å². The fourth-order valence-corrected chi connectivity index (χ4v) is 2.85. The average Bonchev–Trinajstić information content (AvgIpc) is 3.04. The molecule has 2 amide bonds. The Morgan fingerprint density at radius 2 is 1.88 bits per heavy atom. The minimum absolute atomic E-state index is 0.0868. The molecule has 1 aliphatic rings. The highest BCUT2D eigenvalue weighted by Crippen LogP contribution is 2.25. The monoisotopic (exact) mass is 354 g/mol. The molecule has 0 unspecified atom stereocenters. The molecular weight excluding hydrogens is 335 g/mol. The average molecular weight is 354 g/mol. The second kappa shape index (κ2) is 6.95. The molecule has 3 rings (SSSR count). The van der Waals surface area contributed by atoms with E-state index >= 15 is 0 Å². The molecule has 0 saturated carbocycles. The van der Waals surface area contributed by atoms with Gasteiger partial charge < -0.3 is 11.1 Å². The molecule has 1 atom stereocenters. The summed E-state index contributed by atoms with van der Waals surface area (Å²) >= 11 is 0. The molecule has 0 aromatic heterocycles. The molecule has 0 fully saturated rings. The molecule has 7 heteroatoms. The number of rotatable bonds is 4. The first-order valence-corrected chi connectivity index (χ1v) is 8.15. The van der Waals surface area contributed by atoms with Gasteiger partial charge in [0.1, 0.15) is 17.6 Å².